The van der Waals surface area contributed by atoms with Crippen molar-refractivity contribution in [2.24, 2.45) is 10.2 Å². The minimum Gasteiger partial charge on any atom is -0.399 e. The predicted molar refractivity (Wildman–Crippen MR) is 70.3 cm³/mol. The third kappa shape index (κ3) is 4.65. The molecule has 1 aromatic carbocycles. The van der Waals surface area contributed by atoms with Crippen LogP contribution in [0.1, 0.15) is 0 Å². The quantitative estimate of drug-likeness (QED) is 0.607. The molecule has 0 aromatic heterocycles. The summed E-state index contributed by atoms with van der Waals surface area (Å²) in [5.74, 6) is 0. The van der Waals surface area contributed by atoms with Crippen molar-refractivity contribution in [3.63, 3.8) is 0 Å². The topological polar surface area (TPSA) is 62.8 Å². The molecule has 4 nitrogen and oxygen atoms in total. The van der Waals surface area contributed by atoms with Gasteiger partial charge in [0.25, 0.3) is 0 Å². The molecule has 84 valence electrons. The lowest BCUT2D eigenvalue weighted by Crippen LogP contribution is -1.89. The van der Waals surface area contributed by atoms with Gasteiger partial charge in [0.05, 0.1) is 5.69 Å². The Bertz CT molecular complexity index is 395. The number of nitrogens with zero attached hydrogens (tertiary/aromatic N) is 2. The van der Waals surface area contributed by atoms with E-state index in [1.807, 2.05) is 12.5 Å². The number of nitrogens with two attached hydrogens (primary N) is 1. The standard InChI is InChI=1S/C11H14N4S/c1-9(16-8-7-13-2)14-15-11-5-3-10(12)4-6-11/h3-8,13H,1,12H2,2H3/b8-7-,15-14?. The molecule has 1 aromatic rings. The van der Waals surface area contributed by atoms with Crippen LogP contribution in [-0.2, 0) is 0 Å². The molecule has 0 radical (unpaired) electrons. The highest BCUT2D eigenvalue weighted by atomic mass is 32.2. The first-order chi connectivity index (χ1) is 7.72. The van der Waals surface area contributed by atoms with Crippen LogP contribution in [0.4, 0.5) is 11.4 Å². The Morgan fingerprint density at radius 3 is 2.75 bits per heavy atom. The zero-order valence-corrected chi connectivity index (χ0v) is 9.87. The molecule has 3 N–H and O–H groups in total. The second-order valence-corrected chi connectivity index (χ2v) is 3.87. The average Bonchev–Trinajstić information content (AvgIpc) is 2.29. The maximum Gasteiger partial charge on any atom is 0.116 e. The van der Waals surface area contributed by atoms with Gasteiger partial charge in [-0.3, -0.25) is 0 Å². The summed E-state index contributed by atoms with van der Waals surface area (Å²) in [6.07, 6.45) is 1.80. The van der Waals surface area contributed by atoms with Crippen molar-refractivity contribution < 1.29 is 0 Å². The van der Waals surface area contributed by atoms with Crippen molar-refractivity contribution >= 4 is 23.1 Å². The lowest BCUT2D eigenvalue weighted by atomic mass is 10.3. The molecule has 0 heterocycles. The number of anilines is 1. The number of benzene rings is 1. The second kappa shape index (κ2) is 6.68. The Kier molecular flexibility index (Phi) is 5.15. The Balaban J connectivity index is 2.50. The summed E-state index contributed by atoms with van der Waals surface area (Å²) >= 11 is 1.40. The third-order valence-corrected chi connectivity index (χ3v) is 2.23. The van der Waals surface area contributed by atoms with Crippen LogP contribution in [0.2, 0.25) is 0 Å². The molecule has 0 aliphatic heterocycles. The average molecular weight is 234 g/mol. The van der Waals surface area contributed by atoms with Crippen LogP contribution in [-0.4, -0.2) is 7.05 Å². The van der Waals surface area contributed by atoms with Gasteiger partial charge in [0.1, 0.15) is 5.03 Å². The van der Waals surface area contributed by atoms with Gasteiger partial charge < -0.3 is 11.1 Å². The van der Waals surface area contributed by atoms with E-state index in [1.54, 1.807) is 30.5 Å². The molecular formula is C11H14N4S. The lowest BCUT2D eigenvalue weighted by molar-refractivity contribution is 1.11. The van der Waals surface area contributed by atoms with E-state index < -0.39 is 0 Å². The Morgan fingerprint density at radius 2 is 2.12 bits per heavy atom. The molecule has 5 heteroatoms. The molecular weight excluding hydrogens is 220 g/mol. The van der Waals surface area contributed by atoms with Gasteiger partial charge in [-0.2, -0.15) is 5.11 Å². The number of thioether (sulfide) groups is 1. The molecule has 16 heavy (non-hydrogen) atoms. The van der Waals surface area contributed by atoms with Crippen molar-refractivity contribution in [3.05, 3.63) is 47.5 Å². The maximum absolute atomic E-state index is 5.55. The highest BCUT2D eigenvalue weighted by molar-refractivity contribution is 8.05. The van der Waals surface area contributed by atoms with Gasteiger partial charge in [-0.15, -0.1) is 5.11 Å². The number of hydrogen-bond donors (Lipinski definition) is 2. The maximum atomic E-state index is 5.55. The summed E-state index contributed by atoms with van der Waals surface area (Å²) in [6.45, 7) is 3.76. The van der Waals surface area contributed by atoms with E-state index in [0.29, 0.717) is 10.7 Å². The van der Waals surface area contributed by atoms with Gasteiger partial charge in [0.2, 0.25) is 0 Å². The summed E-state index contributed by atoms with van der Waals surface area (Å²) in [7, 11) is 1.83. The number of hydrogen-bond acceptors (Lipinski definition) is 5. The normalized spacial score (nSPS) is 11.1. The Hall–Kier alpha value is -1.75. The second-order valence-electron chi connectivity index (χ2n) is 2.89. The van der Waals surface area contributed by atoms with Crippen molar-refractivity contribution in [2.75, 3.05) is 12.8 Å². The molecule has 0 aliphatic rings. The molecule has 0 fully saturated rings. The number of nitrogens with one attached hydrogen (secondary N) is 1. The van der Waals surface area contributed by atoms with E-state index in [4.69, 9.17) is 5.73 Å². The molecule has 0 bridgehead atoms. The summed E-state index contributed by atoms with van der Waals surface area (Å²) in [5, 5.41) is 13.3. The fourth-order valence-electron chi connectivity index (χ4n) is 0.859. The van der Waals surface area contributed by atoms with E-state index in [-0.39, 0.29) is 0 Å². The minimum absolute atomic E-state index is 0.628. The van der Waals surface area contributed by atoms with Gasteiger partial charge in [-0.05, 0) is 29.7 Å². The molecule has 0 atom stereocenters. The minimum atomic E-state index is 0.628. The van der Waals surface area contributed by atoms with E-state index in [2.05, 4.69) is 22.1 Å². The first-order valence-electron chi connectivity index (χ1n) is 4.67. The van der Waals surface area contributed by atoms with Crippen LogP contribution in [0.5, 0.6) is 0 Å². The van der Waals surface area contributed by atoms with Crippen LogP contribution >= 0.6 is 11.8 Å². The highest BCUT2D eigenvalue weighted by Crippen LogP contribution is 2.20. The van der Waals surface area contributed by atoms with E-state index in [1.165, 1.54) is 11.8 Å². The summed E-state index contributed by atoms with van der Waals surface area (Å²) in [5.41, 5.74) is 7.02. The smallest absolute Gasteiger partial charge is 0.116 e. The number of azo groups is 1. The zero-order chi connectivity index (χ0) is 11.8. The van der Waals surface area contributed by atoms with Gasteiger partial charge in [0, 0.05) is 18.9 Å². The van der Waals surface area contributed by atoms with Gasteiger partial charge in [-0.25, -0.2) is 0 Å². The number of nitrogen functional groups attached to an aromatic ring is 1. The van der Waals surface area contributed by atoms with Gasteiger partial charge in [-0.1, -0.05) is 18.3 Å². The lowest BCUT2D eigenvalue weighted by Gasteiger charge is -1.94. The van der Waals surface area contributed by atoms with Crippen molar-refractivity contribution in [2.45, 2.75) is 0 Å². The first-order valence-corrected chi connectivity index (χ1v) is 5.55. The first kappa shape index (κ1) is 12.3. The van der Waals surface area contributed by atoms with E-state index in [9.17, 15) is 0 Å². The Labute approximate surface area is 99.3 Å². The van der Waals surface area contributed by atoms with Gasteiger partial charge >= 0.3 is 0 Å². The highest BCUT2D eigenvalue weighted by Gasteiger charge is 1.90. The van der Waals surface area contributed by atoms with E-state index >= 15 is 0 Å². The largest absolute Gasteiger partial charge is 0.399 e. The summed E-state index contributed by atoms with van der Waals surface area (Å²) in [4.78, 5) is 0. The van der Waals surface area contributed by atoms with Crippen LogP contribution < -0.4 is 11.1 Å². The monoisotopic (exact) mass is 234 g/mol. The Morgan fingerprint density at radius 1 is 1.44 bits per heavy atom. The number of rotatable bonds is 5. The summed E-state index contributed by atoms with van der Waals surface area (Å²) in [6, 6.07) is 7.18. The van der Waals surface area contributed by atoms with Crippen LogP contribution in [0.25, 0.3) is 0 Å². The molecule has 0 saturated carbocycles. The van der Waals surface area contributed by atoms with Crippen LogP contribution in [0.3, 0.4) is 0 Å². The fourth-order valence-corrected chi connectivity index (χ4v) is 1.31. The van der Waals surface area contributed by atoms with Crippen molar-refractivity contribution in [1.29, 1.82) is 0 Å². The fraction of sp³-hybridized carbons (Fsp3) is 0.0909. The summed E-state index contributed by atoms with van der Waals surface area (Å²) < 4.78 is 0. The SMILES string of the molecule is C=C(N=Nc1ccc(N)cc1)S/C=C\NC. The van der Waals surface area contributed by atoms with E-state index in [0.717, 1.165) is 5.69 Å². The molecule has 0 amide bonds. The zero-order valence-electron chi connectivity index (χ0n) is 9.05. The molecule has 0 saturated heterocycles. The van der Waals surface area contributed by atoms with Crippen molar-refractivity contribution in [1.82, 2.24) is 5.32 Å². The predicted octanol–water partition coefficient (Wildman–Crippen LogP) is 3.25. The van der Waals surface area contributed by atoms with Crippen molar-refractivity contribution in [3.8, 4) is 0 Å². The molecule has 0 aliphatic carbocycles. The molecule has 0 spiro atoms. The van der Waals surface area contributed by atoms with Gasteiger partial charge in [0.15, 0.2) is 0 Å². The van der Waals surface area contributed by atoms with Crippen LogP contribution in [0, 0.1) is 0 Å². The molecule has 0 unspecified atom stereocenters. The third-order valence-electron chi connectivity index (χ3n) is 1.61. The molecule has 1 rings (SSSR count). The van der Waals surface area contributed by atoms with Crippen LogP contribution in [0.15, 0.2) is 57.7 Å².